The average molecular weight is 338 g/mol. The smallest absolute Gasteiger partial charge is 0.290 e. The Hall–Kier alpha value is -1.53. The van der Waals surface area contributed by atoms with Crippen molar-refractivity contribution >= 4 is 55.9 Å². The van der Waals surface area contributed by atoms with Crippen LogP contribution in [0.5, 0.6) is 0 Å². The van der Waals surface area contributed by atoms with Crippen LogP contribution in [0.4, 0.5) is 4.79 Å². The number of carbonyl (C=O) groups is 2. The zero-order valence-corrected chi connectivity index (χ0v) is 12.2. The first kappa shape index (κ1) is 12.5. The van der Waals surface area contributed by atoms with Gasteiger partial charge in [-0.25, -0.2) is 0 Å². The second kappa shape index (κ2) is 4.54. The fourth-order valence-corrected chi connectivity index (χ4v) is 2.94. The molecule has 2 aromatic rings. The van der Waals surface area contributed by atoms with Gasteiger partial charge in [-0.15, -0.1) is 0 Å². The van der Waals surface area contributed by atoms with E-state index in [4.69, 9.17) is 4.42 Å². The van der Waals surface area contributed by atoms with Crippen molar-refractivity contribution in [1.82, 2.24) is 5.32 Å². The number of imide groups is 1. The minimum atomic E-state index is -0.347. The lowest BCUT2D eigenvalue weighted by Crippen LogP contribution is -2.17. The first-order valence-corrected chi connectivity index (χ1v) is 7.09. The summed E-state index contributed by atoms with van der Waals surface area (Å²) in [6.45, 7) is 1.95. The van der Waals surface area contributed by atoms with Crippen LogP contribution in [-0.4, -0.2) is 11.1 Å². The van der Waals surface area contributed by atoms with E-state index >= 15 is 0 Å². The number of aryl methyl sites for hydroxylation is 1. The lowest BCUT2D eigenvalue weighted by Gasteiger charge is -1.96. The molecule has 0 unspecified atom stereocenters. The normalized spacial score (nSPS) is 17.5. The quantitative estimate of drug-likeness (QED) is 0.803. The van der Waals surface area contributed by atoms with Crippen LogP contribution < -0.4 is 5.32 Å². The van der Waals surface area contributed by atoms with Crippen LogP contribution >= 0.6 is 27.7 Å². The minimum absolute atomic E-state index is 0.334. The van der Waals surface area contributed by atoms with Crippen molar-refractivity contribution in [3.63, 3.8) is 0 Å². The molecule has 1 N–H and O–H groups in total. The van der Waals surface area contributed by atoms with Crippen molar-refractivity contribution in [2.75, 3.05) is 0 Å². The van der Waals surface area contributed by atoms with Gasteiger partial charge in [-0.2, -0.15) is 0 Å². The number of halogens is 1. The number of carbonyl (C=O) groups excluding carboxylic acids is 2. The molecule has 0 bridgehead atoms. The van der Waals surface area contributed by atoms with Crippen molar-refractivity contribution in [2.45, 2.75) is 6.92 Å². The Kier molecular flexibility index (Phi) is 2.99. The maximum atomic E-state index is 11.5. The van der Waals surface area contributed by atoms with Gasteiger partial charge in [-0.1, -0.05) is 6.07 Å². The molecule has 0 aliphatic carbocycles. The van der Waals surface area contributed by atoms with Gasteiger partial charge in [0.25, 0.3) is 11.1 Å². The zero-order valence-electron chi connectivity index (χ0n) is 9.82. The summed E-state index contributed by atoms with van der Waals surface area (Å²) in [5.41, 5.74) is 2.65. The molecule has 1 aromatic carbocycles. The highest BCUT2D eigenvalue weighted by atomic mass is 79.9. The summed E-state index contributed by atoms with van der Waals surface area (Å²) >= 11 is 4.26. The van der Waals surface area contributed by atoms with E-state index in [1.807, 2.05) is 25.1 Å². The number of fused-ring (bicyclic) bond motifs is 1. The number of hydrogen-bond acceptors (Lipinski definition) is 4. The Morgan fingerprint density at radius 1 is 1.37 bits per heavy atom. The molecule has 0 atom stereocenters. The van der Waals surface area contributed by atoms with Gasteiger partial charge in [0, 0.05) is 10.9 Å². The molecule has 1 aliphatic rings. The molecule has 6 heteroatoms. The van der Waals surface area contributed by atoms with Crippen LogP contribution in [0.2, 0.25) is 0 Å². The third-order valence-corrected chi connectivity index (χ3v) is 4.41. The van der Waals surface area contributed by atoms with E-state index in [9.17, 15) is 9.59 Å². The summed E-state index contributed by atoms with van der Waals surface area (Å²) in [4.78, 5) is 23.0. The summed E-state index contributed by atoms with van der Waals surface area (Å²) in [5.74, 6) is -0.347. The van der Waals surface area contributed by atoms with Crippen molar-refractivity contribution < 1.29 is 14.0 Å². The fourth-order valence-electron chi connectivity index (χ4n) is 1.87. The molecule has 2 heterocycles. The van der Waals surface area contributed by atoms with Crippen molar-refractivity contribution in [3.8, 4) is 0 Å². The molecule has 1 fully saturated rings. The Bertz CT molecular complexity index is 748. The van der Waals surface area contributed by atoms with E-state index in [1.165, 1.54) is 0 Å². The van der Waals surface area contributed by atoms with Gasteiger partial charge in [0.2, 0.25) is 0 Å². The lowest BCUT2D eigenvalue weighted by atomic mass is 10.1. The number of thioether (sulfide) groups is 1. The number of amides is 2. The van der Waals surface area contributed by atoms with E-state index in [-0.39, 0.29) is 11.1 Å². The highest BCUT2D eigenvalue weighted by molar-refractivity contribution is 9.10. The van der Waals surface area contributed by atoms with E-state index in [0.29, 0.717) is 9.57 Å². The first-order chi connectivity index (χ1) is 9.04. The van der Waals surface area contributed by atoms with Gasteiger partial charge < -0.3 is 4.42 Å². The van der Waals surface area contributed by atoms with Crippen LogP contribution in [0.25, 0.3) is 17.0 Å². The number of rotatable bonds is 1. The van der Waals surface area contributed by atoms with E-state index in [0.717, 1.165) is 33.9 Å². The molecule has 0 saturated carbocycles. The molecule has 0 spiro atoms. The predicted molar refractivity (Wildman–Crippen MR) is 77.8 cm³/mol. The Balaban J connectivity index is 2.07. The topological polar surface area (TPSA) is 59.3 Å². The van der Waals surface area contributed by atoms with Crippen LogP contribution in [-0.2, 0) is 4.79 Å². The molecule has 2 amide bonds. The van der Waals surface area contributed by atoms with Crippen LogP contribution in [0.3, 0.4) is 0 Å². The molecule has 96 valence electrons. The number of furan rings is 1. The van der Waals surface area contributed by atoms with Gasteiger partial charge in [-0.3, -0.25) is 14.9 Å². The van der Waals surface area contributed by atoms with Gasteiger partial charge in [0.15, 0.2) is 4.67 Å². The third-order valence-electron chi connectivity index (χ3n) is 2.84. The first-order valence-electron chi connectivity index (χ1n) is 5.48. The van der Waals surface area contributed by atoms with Crippen molar-refractivity contribution in [2.24, 2.45) is 0 Å². The summed E-state index contributed by atoms with van der Waals surface area (Å²) in [6.07, 6.45) is 1.70. The number of nitrogens with one attached hydrogen (secondary N) is 1. The molecule has 19 heavy (non-hydrogen) atoms. The maximum absolute atomic E-state index is 11.5. The maximum Gasteiger partial charge on any atom is 0.290 e. The second-order valence-corrected chi connectivity index (χ2v) is 5.84. The predicted octanol–water partition coefficient (Wildman–Crippen LogP) is 3.83. The molecule has 3 rings (SSSR count). The Labute approximate surface area is 121 Å². The average Bonchev–Trinajstić information content (AvgIpc) is 2.82. The summed E-state index contributed by atoms with van der Waals surface area (Å²) in [7, 11) is 0. The minimum Gasteiger partial charge on any atom is -0.449 e. The highest BCUT2D eigenvalue weighted by Gasteiger charge is 2.24. The summed E-state index contributed by atoms with van der Waals surface area (Å²) in [5, 5.41) is 2.88. The molecule has 1 aromatic heterocycles. The van der Waals surface area contributed by atoms with Crippen molar-refractivity contribution in [1.29, 1.82) is 0 Å². The summed E-state index contributed by atoms with van der Waals surface area (Å²) < 4.78 is 6.22. The van der Waals surface area contributed by atoms with E-state index in [2.05, 4.69) is 21.2 Å². The lowest BCUT2D eigenvalue weighted by molar-refractivity contribution is -0.115. The molecular formula is C13H8BrNO3S. The van der Waals surface area contributed by atoms with E-state index in [1.54, 1.807) is 6.08 Å². The van der Waals surface area contributed by atoms with Crippen LogP contribution in [0, 0.1) is 6.92 Å². The number of hydrogen-bond donors (Lipinski definition) is 1. The molecule has 4 nitrogen and oxygen atoms in total. The van der Waals surface area contributed by atoms with Gasteiger partial charge >= 0.3 is 0 Å². The SMILES string of the molecule is Cc1c(Br)oc2ccc(C=C3SC(=O)NC3=O)cc12. The zero-order chi connectivity index (χ0) is 13.6. The van der Waals surface area contributed by atoms with Crippen LogP contribution in [0.15, 0.2) is 32.2 Å². The highest BCUT2D eigenvalue weighted by Crippen LogP contribution is 2.31. The monoisotopic (exact) mass is 337 g/mol. The summed E-state index contributed by atoms with van der Waals surface area (Å²) in [6, 6.07) is 5.63. The Morgan fingerprint density at radius 3 is 2.84 bits per heavy atom. The van der Waals surface area contributed by atoms with Gasteiger partial charge in [0.1, 0.15) is 5.58 Å². The second-order valence-electron chi connectivity index (χ2n) is 4.11. The number of benzene rings is 1. The Morgan fingerprint density at radius 2 is 2.16 bits per heavy atom. The molecule has 1 aliphatic heterocycles. The fraction of sp³-hybridized carbons (Fsp3) is 0.0769. The van der Waals surface area contributed by atoms with Crippen LogP contribution in [0.1, 0.15) is 11.1 Å². The molecule has 1 saturated heterocycles. The molecular weight excluding hydrogens is 330 g/mol. The standard InChI is InChI=1S/C13H8BrNO3S/c1-6-8-4-7(2-3-9(8)18-11(6)14)5-10-12(16)15-13(17)19-10/h2-5H,1H3,(H,15,16,17). The molecule has 0 radical (unpaired) electrons. The van der Waals surface area contributed by atoms with Gasteiger partial charge in [-0.05, 0) is 58.4 Å². The van der Waals surface area contributed by atoms with Gasteiger partial charge in [0.05, 0.1) is 4.91 Å². The largest absolute Gasteiger partial charge is 0.449 e. The third kappa shape index (κ3) is 2.21. The van der Waals surface area contributed by atoms with E-state index < -0.39 is 0 Å². The van der Waals surface area contributed by atoms with Crippen molar-refractivity contribution in [3.05, 3.63) is 38.9 Å².